The number of hydrogen-bond acceptors (Lipinski definition) is 5. The second-order valence-electron chi connectivity index (χ2n) is 6.19. The van der Waals surface area contributed by atoms with Crippen molar-refractivity contribution in [3.8, 4) is 11.5 Å². The number of hydrogen-bond donors (Lipinski definition) is 1. The Labute approximate surface area is 163 Å². The molecule has 0 saturated carbocycles. The molecule has 0 spiro atoms. The monoisotopic (exact) mass is 384 g/mol. The Morgan fingerprint density at radius 3 is 2.67 bits per heavy atom. The molecule has 1 aromatic carbocycles. The van der Waals surface area contributed by atoms with Crippen LogP contribution in [-0.2, 0) is 17.9 Å². The van der Waals surface area contributed by atoms with E-state index in [1.807, 2.05) is 67.4 Å². The number of nitrogens with one attached hydrogen (secondary N) is 1. The molecule has 3 aromatic rings. The first-order chi connectivity index (χ1) is 13.0. The lowest BCUT2D eigenvalue weighted by Gasteiger charge is -2.10. The molecule has 2 heterocycles. The zero-order valence-electron chi connectivity index (χ0n) is 16.1. The molecule has 0 aliphatic rings. The molecule has 1 N–H and O–H groups in total. The molecule has 1 amide bonds. The van der Waals surface area contributed by atoms with Gasteiger partial charge in [-0.2, -0.15) is 5.10 Å². The van der Waals surface area contributed by atoms with Crippen LogP contribution in [0.25, 0.3) is 11.5 Å². The third-order valence-corrected chi connectivity index (χ3v) is 5.40. The van der Waals surface area contributed by atoms with Gasteiger partial charge in [0.1, 0.15) is 5.69 Å². The van der Waals surface area contributed by atoms with Crippen LogP contribution in [0.15, 0.2) is 35.6 Å². The second kappa shape index (κ2) is 8.39. The maximum atomic E-state index is 12.4. The zero-order valence-corrected chi connectivity index (χ0v) is 16.9. The number of thioether (sulfide) groups is 1. The first-order valence-corrected chi connectivity index (χ1v) is 9.98. The summed E-state index contributed by atoms with van der Waals surface area (Å²) in [5.41, 5.74) is 3.88. The van der Waals surface area contributed by atoms with Crippen molar-refractivity contribution in [3.63, 3.8) is 0 Å². The van der Waals surface area contributed by atoms with Crippen LogP contribution in [0.5, 0.6) is 0 Å². The van der Waals surface area contributed by atoms with Gasteiger partial charge < -0.3 is 9.88 Å². The van der Waals surface area contributed by atoms with Crippen LogP contribution in [0, 0.1) is 13.8 Å². The highest BCUT2D eigenvalue weighted by Crippen LogP contribution is 2.24. The fourth-order valence-electron chi connectivity index (χ4n) is 2.73. The lowest BCUT2D eigenvalue weighted by Crippen LogP contribution is -2.15. The molecular formula is C19H24N6OS. The summed E-state index contributed by atoms with van der Waals surface area (Å²) in [6.45, 7) is 9.63. The van der Waals surface area contributed by atoms with Crippen molar-refractivity contribution in [2.45, 2.75) is 45.9 Å². The van der Waals surface area contributed by atoms with E-state index in [0.29, 0.717) is 6.54 Å². The molecule has 142 valence electrons. The molecule has 0 unspecified atom stereocenters. The van der Waals surface area contributed by atoms with E-state index in [1.165, 1.54) is 11.8 Å². The number of carbonyl (C=O) groups is 1. The molecule has 0 bridgehead atoms. The molecule has 8 heteroatoms. The Hall–Kier alpha value is -2.61. The summed E-state index contributed by atoms with van der Waals surface area (Å²) < 4.78 is 3.84. The predicted molar refractivity (Wildman–Crippen MR) is 108 cm³/mol. The fraction of sp³-hybridized carbons (Fsp3) is 0.368. The van der Waals surface area contributed by atoms with Crippen molar-refractivity contribution in [3.05, 3.63) is 41.6 Å². The topological polar surface area (TPSA) is 77.6 Å². The Kier molecular flexibility index (Phi) is 5.95. The normalized spacial score (nSPS) is 11.0. The molecule has 0 fully saturated rings. The summed E-state index contributed by atoms with van der Waals surface area (Å²) >= 11 is 1.38. The van der Waals surface area contributed by atoms with E-state index in [-0.39, 0.29) is 11.7 Å². The highest BCUT2D eigenvalue weighted by molar-refractivity contribution is 7.99. The molecule has 2 aromatic heterocycles. The van der Waals surface area contributed by atoms with Crippen molar-refractivity contribution >= 4 is 23.4 Å². The summed E-state index contributed by atoms with van der Waals surface area (Å²) in [5.74, 6) is 0.938. The number of aromatic nitrogens is 5. The van der Waals surface area contributed by atoms with Crippen molar-refractivity contribution < 1.29 is 4.79 Å². The van der Waals surface area contributed by atoms with E-state index >= 15 is 0 Å². The van der Waals surface area contributed by atoms with E-state index in [0.717, 1.165) is 40.0 Å². The van der Waals surface area contributed by atoms with Gasteiger partial charge in [0, 0.05) is 25.0 Å². The van der Waals surface area contributed by atoms with Crippen LogP contribution in [0.2, 0.25) is 0 Å². The van der Waals surface area contributed by atoms with Crippen LogP contribution in [0.3, 0.4) is 0 Å². The molecule has 0 atom stereocenters. The predicted octanol–water partition coefficient (Wildman–Crippen LogP) is 3.53. The quantitative estimate of drug-likeness (QED) is 0.631. The number of amides is 1. The molecule has 0 radical (unpaired) electrons. The minimum Gasteiger partial charge on any atom is -0.325 e. The van der Waals surface area contributed by atoms with Crippen LogP contribution in [-0.4, -0.2) is 36.2 Å². The molecule has 7 nitrogen and oxygen atoms in total. The molecule has 3 rings (SSSR count). The number of rotatable bonds is 7. The fourth-order valence-corrected chi connectivity index (χ4v) is 3.53. The third-order valence-electron chi connectivity index (χ3n) is 4.44. The van der Waals surface area contributed by atoms with Crippen molar-refractivity contribution in [2.75, 3.05) is 11.1 Å². The summed E-state index contributed by atoms with van der Waals surface area (Å²) in [6, 6.07) is 7.83. The standard InChI is InChI=1S/C19H24N6OS/c1-5-24-11-10-16(23-24)18-21-22-19(25(18)6-2)27-12-17(26)20-15-9-7-8-13(3)14(15)4/h7-11H,5-6,12H2,1-4H3,(H,20,26). The van der Waals surface area contributed by atoms with Crippen LogP contribution in [0.4, 0.5) is 5.69 Å². The van der Waals surface area contributed by atoms with Gasteiger partial charge in [-0.3, -0.25) is 9.48 Å². The van der Waals surface area contributed by atoms with E-state index in [1.54, 1.807) is 0 Å². The smallest absolute Gasteiger partial charge is 0.234 e. The highest BCUT2D eigenvalue weighted by atomic mass is 32.2. The second-order valence-corrected chi connectivity index (χ2v) is 7.13. The molecule has 0 aliphatic carbocycles. The number of aryl methyl sites for hydroxylation is 2. The highest BCUT2D eigenvalue weighted by Gasteiger charge is 2.16. The van der Waals surface area contributed by atoms with Gasteiger partial charge in [0.05, 0.1) is 5.75 Å². The lowest BCUT2D eigenvalue weighted by atomic mass is 10.1. The van der Waals surface area contributed by atoms with Gasteiger partial charge in [0.2, 0.25) is 5.91 Å². The summed E-state index contributed by atoms with van der Waals surface area (Å²) in [4.78, 5) is 12.4. The van der Waals surface area contributed by atoms with Gasteiger partial charge in [-0.1, -0.05) is 23.9 Å². The first-order valence-electron chi connectivity index (χ1n) is 8.99. The van der Waals surface area contributed by atoms with Crippen molar-refractivity contribution in [1.29, 1.82) is 0 Å². The molecule has 0 saturated heterocycles. The SMILES string of the molecule is CCn1ccc(-c2nnc(SCC(=O)Nc3cccc(C)c3C)n2CC)n1. The van der Waals surface area contributed by atoms with Crippen molar-refractivity contribution in [2.24, 2.45) is 0 Å². The number of anilines is 1. The summed E-state index contributed by atoms with van der Waals surface area (Å²) in [6.07, 6.45) is 1.93. The van der Waals surface area contributed by atoms with Gasteiger partial charge in [-0.05, 0) is 51.0 Å². The van der Waals surface area contributed by atoms with Crippen LogP contribution < -0.4 is 5.32 Å². The maximum absolute atomic E-state index is 12.4. The maximum Gasteiger partial charge on any atom is 0.234 e. The van der Waals surface area contributed by atoms with E-state index < -0.39 is 0 Å². The molecular weight excluding hydrogens is 360 g/mol. The van der Waals surface area contributed by atoms with E-state index in [2.05, 4.69) is 20.6 Å². The Morgan fingerprint density at radius 1 is 1.15 bits per heavy atom. The minimum atomic E-state index is -0.0591. The molecule has 27 heavy (non-hydrogen) atoms. The Balaban J connectivity index is 1.69. The first kappa shape index (κ1) is 19.2. The zero-order chi connectivity index (χ0) is 19.4. The van der Waals surface area contributed by atoms with Gasteiger partial charge in [-0.25, -0.2) is 0 Å². The number of nitrogens with zero attached hydrogens (tertiary/aromatic N) is 5. The largest absolute Gasteiger partial charge is 0.325 e. The van der Waals surface area contributed by atoms with Gasteiger partial charge in [-0.15, -0.1) is 10.2 Å². The number of benzene rings is 1. The molecule has 0 aliphatic heterocycles. The Morgan fingerprint density at radius 2 is 1.96 bits per heavy atom. The van der Waals surface area contributed by atoms with Crippen LogP contribution in [0.1, 0.15) is 25.0 Å². The Bertz CT molecular complexity index is 946. The van der Waals surface area contributed by atoms with E-state index in [9.17, 15) is 4.79 Å². The number of carbonyl (C=O) groups excluding carboxylic acids is 1. The van der Waals surface area contributed by atoms with Crippen molar-refractivity contribution in [1.82, 2.24) is 24.5 Å². The third kappa shape index (κ3) is 4.21. The van der Waals surface area contributed by atoms with Gasteiger partial charge in [0.25, 0.3) is 0 Å². The average molecular weight is 385 g/mol. The lowest BCUT2D eigenvalue weighted by molar-refractivity contribution is -0.113. The summed E-state index contributed by atoms with van der Waals surface area (Å²) in [7, 11) is 0. The average Bonchev–Trinajstić information content (AvgIpc) is 3.29. The van der Waals surface area contributed by atoms with E-state index in [4.69, 9.17) is 0 Å². The van der Waals surface area contributed by atoms with Crippen LogP contribution >= 0.6 is 11.8 Å². The van der Waals surface area contributed by atoms with Gasteiger partial charge >= 0.3 is 0 Å². The minimum absolute atomic E-state index is 0.0591. The van der Waals surface area contributed by atoms with Gasteiger partial charge in [0.15, 0.2) is 11.0 Å². The summed E-state index contributed by atoms with van der Waals surface area (Å²) in [5, 5.41) is 16.7.